The summed E-state index contributed by atoms with van der Waals surface area (Å²) in [6.07, 6.45) is 2.65. The predicted octanol–water partition coefficient (Wildman–Crippen LogP) is 2.66. The molecule has 20 heavy (non-hydrogen) atoms. The third-order valence-corrected chi connectivity index (χ3v) is 3.49. The summed E-state index contributed by atoms with van der Waals surface area (Å²) in [6.45, 7) is 4.14. The van der Waals surface area contributed by atoms with Gasteiger partial charge >= 0.3 is 0 Å². The highest BCUT2D eigenvalue weighted by Crippen LogP contribution is 2.16. The molecule has 1 atom stereocenters. The molecule has 2 aromatic rings. The maximum absolute atomic E-state index is 5.15. The maximum atomic E-state index is 5.15. The smallest absolute Gasteiger partial charge is 0.132 e. The minimum Gasteiger partial charge on any atom is -0.497 e. The Bertz CT molecular complexity index is 566. The number of ether oxygens (including phenoxy) is 1. The standard InChI is InChI=1S/C16H21N3O/c1-11(17-3)15-10-18-16(19-12(15)2)9-13-5-7-14(20-4)8-6-13/h5-8,10-11,17H,9H2,1-4H3. The molecule has 0 aliphatic carbocycles. The fourth-order valence-corrected chi connectivity index (χ4v) is 2.12. The van der Waals surface area contributed by atoms with Gasteiger partial charge in [-0.25, -0.2) is 9.97 Å². The summed E-state index contributed by atoms with van der Waals surface area (Å²) in [6, 6.07) is 8.27. The zero-order valence-electron chi connectivity index (χ0n) is 12.5. The number of nitrogens with one attached hydrogen (secondary N) is 1. The summed E-state index contributed by atoms with van der Waals surface area (Å²) in [5, 5.41) is 3.21. The second-order valence-electron chi connectivity index (χ2n) is 4.86. The van der Waals surface area contributed by atoms with Gasteiger partial charge in [-0.15, -0.1) is 0 Å². The van der Waals surface area contributed by atoms with Gasteiger partial charge < -0.3 is 10.1 Å². The molecule has 106 valence electrons. The molecule has 1 unspecified atom stereocenters. The molecule has 1 aromatic heterocycles. The summed E-state index contributed by atoms with van der Waals surface area (Å²) in [4.78, 5) is 9.06. The molecule has 4 nitrogen and oxygen atoms in total. The molecule has 1 heterocycles. The highest BCUT2D eigenvalue weighted by Gasteiger charge is 2.09. The lowest BCUT2D eigenvalue weighted by atomic mass is 10.1. The number of rotatable bonds is 5. The first-order chi connectivity index (χ1) is 9.63. The van der Waals surface area contributed by atoms with Gasteiger partial charge in [0.05, 0.1) is 7.11 Å². The Morgan fingerprint density at radius 3 is 2.50 bits per heavy atom. The van der Waals surface area contributed by atoms with Crippen LogP contribution in [0.2, 0.25) is 0 Å². The molecule has 0 fully saturated rings. The lowest BCUT2D eigenvalue weighted by molar-refractivity contribution is 0.414. The van der Waals surface area contributed by atoms with Crippen molar-refractivity contribution < 1.29 is 4.74 Å². The van der Waals surface area contributed by atoms with Crippen LogP contribution in [-0.4, -0.2) is 24.1 Å². The van der Waals surface area contributed by atoms with Gasteiger partial charge in [0.2, 0.25) is 0 Å². The molecule has 1 N–H and O–H groups in total. The van der Waals surface area contributed by atoms with Crippen molar-refractivity contribution in [3.8, 4) is 5.75 Å². The Kier molecular flexibility index (Phi) is 4.69. The number of hydrogen-bond acceptors (Lipinski definition) is 4. The van der Waals surface area contributed by atoms with E-state index < -0.39 is 0 Å². The summed E-state index contributed by atoms with van der Waals surface area (Å²) < 4.78 is 5.15. The van der Waals surface area contributed by atoms with E-state index in [9.17, 15) is 0 Å². The van der Waals surface area contributed by atoms with Crippen LogP contribution in [0, 0.1) is 6.92 Å². The van der Waals surface area contributed by atoms with Crippen LogP contribution in [0.15, 0.2) is 30.5 Å². The minimum absolute atomic E-state index is 0.269. The zero-order valence-corrected chi connectivity index (χ0v) is 12.5. The molecule has 4 heteroatoms. The van der Waals surface area contributed by atoms with E-state index in [4.69, 9.17) is 4.74 Å². The normalized spacial score (nSPS) is 12.2. The van der Waals surface area contributed by atoms with Crippen molar-refractivity contribution in [2.75, 3.05) is 14.2 Å². The van der Waals surface area contributed by atoms with E-state index >= 15 is 0 Å². The maximum Gasteiger partial charge on any atom is 0.132 e. The number of hydrogen-bond donors (Lipinski definition) is 1. The quantitative estimate of drug-likeness (QED) is 0.908. The van der Waals surface area contributed by atoms with Crippen molar-refractivity contribution in [2.45, 2.75) is 26.3 Å². The van der Waals surface area contributed by atoms with E-state index in [1.54, 1.807) is 7.11 Å². The molecular formula is C16H21N3O. The van der Waals surface area contributed by atoms with Crippen LogP contribution in [-0.2, 0) is 6.42 Å². The summed E-state index contributed by atoms with van der Waals surface area (Å²) in [5.41, 5.74) is 3.36. The fourth-order valence-electron chi connectivity index (χ4n) is 2.12. The number of benzene rings is 1. The van der Waals surface area contributed by atoms with E-state index in [-0.39, 0.29) is 6.04 Å². The van der Waals surface area contributed by atoms with Crippen molar-refractivity contribution in [3.05, 3.63) is 53.1 Å². The van der Waals surface area contributed by atoms with Crippen LogP contribution in [0.25, 0.3) is 0 Å². The van der Waals surface area contributed by atoms with Crippen LogP contribution in [0.5, 0.6) is 5.75 Å². The largest absolute Gasteiger partial charge is 0.497 e. The van der Waals surface area contributed by atoms with Crippen LogP contribution in [0.4, 0.5) is 0 Å². The lowest BCUT2D eigenvalue weighted by Gasteiger charge is -2.13. The molecule has 0 aliphatic rings. The topological polar surface area (TPSA) is 47.0 Å². The van der Waals surface area contributed by atoms with Gasteiger partial charge in [0.1, 0.15) is 11.6 Å². The summed E-state index contributed by atoms with van der Waals surface area (Å²) >= 11 is 0. The molecule has 0 saturated heterocycles. The van der Waals surface area contributed by atoms with Crippen LogP contribution in [0.3, 0.4) is 0 Å². The zero-order chi connectivity index (χ0) is 14.5. The number of methoxy groups -OCH3 is 1. The van der Waals surface area contributed by atoms with Gasteiger partial charge in [0, 0.05) is 29.9 Å². The van der Waals surface area contributed by atoms with Crippen molar-refractivity contribution in [1.82, 2.24) is 15.3 Å². The Balaban J connectivity index is 2.15. The predicted molar refractivity (Wildman–Crippen MR) is 80.0 cm³/mol. The second kappa shape index (κ2) is 6.48. The number of aryl methyl sites for hydroxylation is 1. The molecule has 0 saturated carbocycles. The first-order valence-corrected chi connectivity index (χ1v) is 6.76. The molecular weight excluding hydrogens is 250 g/mol. The van der Waals surface area contributed by atoms with Crippen molar-refractivity contribution in [2.24, 2.45) is 0 Å². The highest BCUT2D eigenvalue weighted by atomic mass is 16.5. The van der Waals surface area contributed by atoms with Crippen molar-refractivity contribution >= 4 is 0 Å². The molecule has 0 amide bonds. The first kappa shape index (κ1) is 14.5. The van der Waals surface area contributed by atoms with Crippen molar-refractivity contribution in [1.29, 1.82) is 0 Å². The molecule has 0 spiro atoms. The van der Waals surface area contributed by atoms with Gasteiger partial charge in [-0.05, 0) is 38.6 Å². The number of aromatic nitrogens is 2. The highest BCUT2D eigenvalue weighted by molar-refractivity contribution is 5.29. The Labute approximate surface area is 120 Å². The molecule has 1 aromatic carbocycles. The van der Waals surface area contributed by atoms with Crippen LogP contribution in [0.1, 0.15) is 35.6 Å². The van der Waals surface area contributed by atoms with Gasteiger partial charge in [-0.2, -0.15) is 0 Å². The minimum atomic E-state index is 0.269. The van der Waals surface area contributed by atoms with Gasteiger partial charge in [0.25, 0.3) is 0 Å². The van der Waals surface area contributed by atoms with Crippen molar-refractivity contribution in [3.63, 3.8) is 0 Å². The fraction of sp³-hybridized carbons (Fsp3) is 0.375. The van der Waals surface area contributed by atoms with Gasteiger partial charge in [-0.1, -0.05) is 12.1 Å². The average Bonchev–Trinajstić information content (AvgIpc) is 2.47. The molecule has 0 radical (unpaired) electrons. The Morgan fingerprint density at radius 1 is 1.25 bits per heavy atom. The van der Waals surface area contributed by atoms with E-state index in [1.165, 1.54) is 5.56 Å². The van der Waals surface area contributed by atoms with Crippen LogP contribution < -0.4 is 10.1 Å². The Morgan fingerprint density at radius 2 is 1.95 bits per heavy atom. The van der Waals surface area contributed by atoms with Crippen LogP contribution >= 0.6 is 0 Å². The monoisotopic (exact) mass is 271 g/mol. The van der Waals surface area contributed by atoms with E-state index in [0.29, 0.717) is 0 Å². The third-order valence-electron chi connectivity index (χ3n) is 3.49. The summed E-state index contributed by atoms with van der Waals surface area (Å²) in [7, 11) is 3.61. The lowest BCUT2D eigenvalue weighted by Crippen LogP contribution is -2.15. The molecule has 2 rings (SSSR count). The molecule has 0 aliphatic heterocycles. The van der Waals surface area contributed by atoms with E-state index in [0.717, 1.165) is 29.3 Å². The first-order valence-electron chi connectivity index (χ1n) is 6.76. The third kappa shape index (κ3) is 3.33. The summed E-state index contributed by atoms with van der Waals surface area (Å²) in [5.74, 6) is 1.71. The van der Waals surface area contributed by atoms with E-state index in [2.05, 4.69) is 22.2 Å². The van der Waals surface area contributed by atoms with Gasteiger partial charge in [0.15, 0.2) is 0 Å². The Hall–Kier alpha value is -1.94. The SMILES string of the molecule is CNC(C)c1cnc(Cc2ccc(OC)cc2)nc1C. The second-order valence-corrected chi connectivity index (χ2v) is 4.86. The van der Waals surface area contributed by atoms with E-state index in [1.807, 2.05) is 44.4 Å². The average molecular weight is 271 g/mol. The number of nitrogens with zero attached hydrogens (tertiary/aromatic N) is 2. The van der Waals surface area contributed by atoms with Gasteiger partial charge in [-0.3, -0.25) is 0 Å². The molecule has 0 bridgehead atoms.